The highest BCUT2D eigenvalue weighted by atomic mass is 31.2. The molecule has 0 fully saturated rings. The topological polar surface area (TPSA) is 47.9 Å². The van der Waals surface area contributed by atoms with E-state index in [0.717, 1.165) is 22.3 Å². The molecule has 0 aromatic heterocycles. The van der Waals surface area contributed by atoms with Crippen molar-refractivity contribution in [1.82, 2.24) is 0 Å². The SMILES string of the molecule is CCCC(N=P(c1ccccc1)(c1ccccc1)c1ccccc1)P(=O)(OCC)OCC. The molecule has 6 heteroatoms. The van der Waals surface area contributed by atoms with Gasteiger partial charge >= 0.3 is 7.60 Å². The Morgan fingerprint density at radius 1 is 0.688 bits per heavy atom. The van der Waals surface area contributed by atoms with Crippen molar-refractivity contribution in [2.24, 2.45) is 4.74 Å². The molecule has 3 rings (SSSR count). The Bertz CT molecular complexity index is 943. The van der Waals surface area contributed by atoms with Crippen molar-refractivity contribution in [1.29, 1.82) is 0 Å². The average molecular weight is 470 g/mol. The maximum Gasteiger partial charge on any atom is 0.354 e. The quantitative estimate of drug-likeness (QED) is 0.299. The first-order valence-electron chi connectivity index (χ1n) is 11.3. The Hall–Kier alpha value is -1.96. The molecule has 0 amide bonds. The Labute approximate surface area is 192 Å². The van der Waals surface area contributed by atoms with E-state index in [1.807, 2.05) is 68.4 Å². The number of benzene rings is 3. The van der Waals surface area contributed by atoms with Crippen LogP contribution in [0.4, 0.5) is 0 Å². The molecule has 0 N–H and O–H groups in total. The third kappa shape index (κ3) is 5.33. The molecule has 3 aromatic carbocycles. The van der Waals surface area contributed by atoms with Gasteiger partial charge < -0.3 is 9.05 Å². The molecule has 4 nitrogen and oxygen atoms in total. The van der Waals surface area contributed by atoms with Gasteiger partial charge in [0.25, 0.3) is 0 Å². The van der Waals surface area contributed by atoms with E-state index in [9.17, 15) is 4.57 Å². The molecule has 0 radical (unpaired) electrons. The zero-order valence-corrected chi connectivity index (χ0v) is 20.9. The molecule has 32 heavy (non-hydrogen) atoms. The fraction of sp³-hybridized carbons (Fsp3) is 0.308. The van der Waals surface area contributed by atoms with Crippen molar-refractivity contribution in [3.8, 4) is 0 Å². The third-order valence-corrected chi connectivity index (χ3v) is 11.5. The smallest absolute Gasteiger partial charge is 0.307 e. The van der Waals surface area contributed by atoms with Crippen LogP contribution in [0.25, 0.3) is 0 Å². The van der Waals surface area contributed by atoms with Crippen LogP contribution in [0.1, 0.15) is 33.6 Å². The summed E-state index contributed by atoms with van der Waals surface area (Å²) >= 11 is 0. The van der Waals surface area contributed by atoms with Gasteiger partial charge in [0.05, 0.1) is 20.3 Å². The van der Waals surface area contributed by atoms with Gasteiger partial charge in [-0.15, -0.1) is 0 Å². The molecule has 0 bridgehead atoms. The van der Waals surface area contributed by atoms with Crippen molar-refractivity contribution in [2.75, 3.05) is 13.2 Å². The van der Waals surface area contributed by atoms with Gasteiger partial charge in [-0.05, 0) is 20.3 Å². The first-order chi connectivity index (χ1) is 15.6. The van der Waals surface area contributed by atoms with Crippen molar-refractivity contribution < 1.29 is 13.6 Å². The van der Waals surface area contributed by atoms with Crippen LogP contribution in [-0.2, 0) is 13.6 Å². The largest absolute Gasteiger partial charge is 0.354 e. The summed E-state index contributed by atoms with van der Waals surface area (Å²) in [6.07, 6.45) is 1.46. The molecular formula is C26H33NO3P2. The first kappa shape index (κ1) is 24.7. The van der Waals surface area contributed by atoms with Gasteiger partial charge in [-0.2, -0.15) is 0 Å². The summed E-state index contributed by atoms with van der Waals surface area (Å²) < 4.78 is 31.1. The van der Waals surface area contributed by atoms with Gasteiger partial charge in [-0.3, -0.25) is 9.31 Å². The lowest BCUT2D eigenvalue weighted by molar-refractivity contribution is 0.211. The third-order valence-electron chi connectivity index (χ3n) is 5.23. The number of rotatable bonds is 11. The molecule has 0 aliphatic rings. The maximum absolute atomic E-state index is 14.0. The molecule has 0 aliphatic heterocycles. The van der Waals surface area contributed by atoms with E-state index in [-0.39, 0.29) is 0 Å². The lowest BCUT2D eigenvalue weighted by Crippen LogP contribution is -2.27. The van der Waals surface area contributed by atoms with Crippen molar-refractivity contribution in [3.63, 3.8) is 0 Å². The van der Waals surface area contributed by atoms with Crippen LogP contribution >= 0.6 is 14.7 Å². The zero-order chi connectivity index (χ0) is 22.9. The minimum absolute atomic E-state index is 0.320. The van der Waals surface area contributed by atoms with Crippen molar-refractivity contribution >= 4 is 30.6 Å². The molecule has 0 aliphatic carbocycles. The maximum atomic E-state index is 14.0. The normalized spacial score (nSPS) is 13.0. The van der Waals surface area contributed by atoms with Crippen LogP contribution < -0.4 is 15.9 Å². The van der Waals surface area contributed by atoms with Crippen LogP contribution in [-0.4, -0.2) is 19.0 Å². The van der Waals surface area contributed by atoms with E-state index in [4.69, 9.17) is 13.8 Å². The monoisotopic (exact) mass is 469 g/mol. The van der Waals surface area contributed by atoms with E-state index in [1.165, 1.54) is 0 Å². The van der Waals surface area contributed by atoms with Crippen LogP contribution in [0.2, 0.25) is 0 Å². The van der Waals surface area contributed by atoms with E-state index >= 15 is 0 Å². The van der Waals surface area contributed by atoms with Gasteiger partial charge in [0.1, 0.15) is 0 Å². The summed E-state index contributed by atoms with van der Waals surface area (Å²) in [4.78, 5) is 0. The van der Waals surface area contributed by atoms with Crippen LogP contribution in [0.5, 0.6) is 0 Å². The molecule has 1 atom stereocenters. The Kier molecular flexibility index (Phi) is 9.08. The first-order valence-corrected chi connectivity index (χ1v) is 14.6. The lowest BCUT2D eigenvalue weighted by Gasteiger charge is -2.31. The van der Waals surface area contributed by atoms with E-state index in [2.05, 4.69) is 43.3 Å². The fourth-order valence-electron chi connectivity index (χ4n) is 3.88. The van der Waals surface area contributed by atoms with Gasteiger partial charge in [-0.25, -0.2) is 0 Å². The molecule has 3 aromatic rings. The predicted molar refractivity (Wildman–Crippen MR) is 137 cm³/mol. The molecule has 1 unspecified atom stereocenters. The Morgan fingerprint density at radius 3 is 1.38 bits per heavy atom. The van der Waals surface area contributed by atoms with Crippen molar-refractivity contribution in [2.45, 2.75) is 39.4 Å². The van der Waals surface area contributed by atoms with Crippen LogP contribution in [0.15, 0.2) is 95.7 Å². The van der Waals surface area contributed by atoms with Gasteiger partial charge in [0, 0.05) is 15.9 Å². The number of nitrogens with zero attached hydrogens (tertiary/aromatic N) is 1. The average Bonchev–Trinajstić information content (AvgIpc) is 2.84. The summed E-state index contributed by atoms with van der Waals surface area (Å²) in [7, 11) is -5.93. The van der Waals surface area contributed by atoms with Crippen molar-refractivity contribution in [3.05, 3.63) is 91.0 Å². The minimum Gasteiger partial charge on any atom is -0.307 e. The minimum atomic E-state index is -3.44. The lowest BCUT2D eigenvalue weighted by atomic mass is 10.3. The Morgan fingerprint density at radius 2 is 1.06 bits per heavy atom. The second-order valence-electron chi connectivity index (χ2n) is 7.40. The zero-order valence-electron chi connectivity index (χ0n) is 19.1. The number of hydrogen-bond acceptors (Lipinski definition) is 4. The van der Waals surface area contributed by atoms with E-state index in [1.54, 1.807) is 0 Å². The van der Waals surface area contributed by atoms with Gasteiger partial charge in [-0.1, -0.05) is 104 Å². The summed E-state index contributed by atoms with van der Waals surface area (Å²) in [5.74, 6) is -0.554. The van der Waals surface area contributed by atoms with Gasteiger partial charge in [0.2, 0.25) is 0 Å². The number of hydrogen-bond donors (Lipinski definition) is 0. The standard InChI is InChI=1S/C26H33NO3P2/c1-4-16-26(32(28,29-5-2)30-6-3)27-31(23-17-10-7-11-18-23,24-19-12-8-13-20-24)25-21-14-9-15-22-25/h7-15,17-22,26H,4-6,16H2,1-3H3. The second-order valence-corrected chi connectivity index (χ2v) is 12.6. The molecular weight excluding hydrogens is 436 g/mol. The van der Waals surface area contributed by atoms with Gasteiger partial charge in [0.15, 0.2) is 5.78 Å². The molecule has 0 saturated heterocycles. The summed E-state index contributed by atoms with van der Waals surface area (Å²) in [6, 6.07) is 31.1. The van der Waals surface area contributed by atoms with E-state index in [0.29, 0.717) is 19.6 Å². The molecule has 170 valence electrons. The molecule has 0 saturated carbocycles. The highest BCUT2D eigenvalue weighted by molar-refractivity contribution is 7.87. The Balaban J connectivity index is 2.42. The van der Waals surface area contributed by atoms with Crippen LogP contribution in [0, 0.1) is 0 Å². The molecule has 0 spiro atoms. The molecule has 0 heterocycles. The van der Waals surface area contributed by atoms with E-state index < -0.39 is 20.4 Å². The highest BCUT2D eigenvalue weighted by Gasteiger charge is 2.38. The summed E-state index contributed by atoms with van der Waals surface area (Å²) in [5, 5.41) is 3.37. The van der Waals surface area contributed by atoms with Crippen LogP contribution in [0.3, 0.4) is 0 Å². The second kappa shape index (κ2) is 11.8. The predicted octanol–water partition coefficient (Wildman–Crippen LogP) is 6.56. The summed E-state index contributed by atoms with van der Waals surface area (Å²) in [6.45, 7) is 6.42. The fourth-order valence-corrected chi connectivity index (χ4v) is 10.2. The highest BCUT2D eigenvalue weighted by Crippen LogP contribution is 2.59. The summed E-state index contributed by atoms with van der Waals surface area (Å²) in [5.41, 5.74) is 0.